The number of aliphatic hydroxyl groups is 1. The van der Waals surface area contributed by atoms with Crippen LogP contribution in [0, 0.1) is 0 Å². The van der Waals surface area contributed by atoms with Crippen LogP contribution in [0.15, 0.2) is 0 Å². The smallest absolute Gasteiger partial charge is 0.748 e. The molecule has 0 aliphatic rings. The Morgan fingerprint density at radius 2 is 1.62 bits per heavy atom. The number of aliphatic hydroxyl groups excluding tert-OH is 1. The van der Waals surface area contributed by atoms with E-state index >= 15 is 0 Å². The molecule has 1 atom stereocenters. The van der Waals surface area contributed by atoms with E-state index in [1.165, 1.54) is 0 Å². The predicted octanol–water partition coefficient (Wildman–Crippen LogP) is -1.35. The van der Waals surface area contributed by atoms with Gasteiger partial charge in [0.25, 0.3) is 0 Å². The van der Waals surface area contributed by atoms with Gasteiger partial charge >= 0.3 is 29.6 Å². The Bertz CT molecular complexity index is 231. The van der Waals surface area contributed by atoms with E-state index in [9.17, 15) is 13.0 Å². The second kappa shape index (κ2) is 11.0. The molecule has 6 heteroatoms. The summed E-state index contributed by atoms with van der Waals surface area (Å²) in [7, 11) is -4.16. The van der Waals surface area contributed by atoms with Crippen LogP contribution in [-0.2, 0) is 10.1 Å². The summed E-state index contributed by atoms with van der Waals surface area (Å²) in [6.07, 6.45) is 4.80. The molecule has 0 aromatic rings. The van der Waals surface area contributed by atoms with Crippen molar-refractivity contribution in [2.24, 2.45) is 0 Å². The second-order valence-electron chi connectivity index (χ2n) is 3.83. The van der Waals surface area contributed by atoms with Crippen LogP contribution in [0.3, 0.4) is 0 Å². The first-order valence-corrected chi connectivity index (χ1v) is 7.05. The van der Waals surface area contributed by atoms with E-state index in [1.807, 2.05) is 6.92 Å². The maximum absolute atomic E-state index is 10.9. The minimum atomic E-state index is -4.16. The van der Waals surface area contributed by atoms with Crippen LogP contribution >= 0.6 is 0 Å². The van der Waals surface area contributed by atoms with Crippen molar-refractivity contribution in [3.8, 4) is 0 Å². The maximum atomic E-state index is 10.9. The predicted molar refractivity (Wildman–Crippen MR) is 58.6 cm³/mol. The van der Waals surface area contributed by atoms with Crippen LogP contribution in [0.2, 0.25) is 0 Å². The Labute approximate surface area is 121 Å². The largest absolute Gasteiger partial charge is 1.00 e. The molecule has 0 aliphatic carbocycles. The van der Waals surface area contributed by atoms with Crippen LogP contribution in [0.5, 0.6) is 0 Å². The Morgan fingerprint density at radius 1 is 1.12 bits per heavy atom. The van der Waals surface area contributed by atoms with Crippen molar-refractivity contribution in [3.63, 3.8) is 0 Å². The molecule has 92 valence electrons. The van der Waals surface area contributed by atoms with Crippen LogP contribution in [0.1, 0.15) is 51.9 Å². The molecule has 1 unspecified atom stereocenters. The van der Waals surface area contributed by atoms with Gasteiger partial charge in [-0.2, -0.15) is 0 Å². The zero-order chi connectivity index (χ0) is 11.7. The van der Waals surface area contributed by atoms with Gasteiger partial charge in [-0.3, -0.25) is 0 Å². The third-order valence-corrected chi connectivity index (χ3v) is 3.76. The minimum absolute atomic E-state index is 0. The molecule has 0 heterocycles. The van der Waals surface area contributed by atoms with Crippen LogP contribution < -0.4 is 29.6 Å². The van der Waals surface area contributed by atoms with Gasteiger partial charge < -0.3 is 9.66 Å². The van der Waals surface area contributed by atoms with Crippen molar-refractivity contribution in [1.82, 2.24) is 0 Å². The average Bonchev–Trinajstić information content (AvgIpc) is 2.14. The summed E-state index contributed by atoms with van der Waals surface area (Å²) in [5.74, 6) is 0. The molecule has 0 saturated heterocycles. The van der Waals surface area contributed by atoms with Crippen molar-refractivity contribution in [1.29, 1.82) is 0 Å². The molecule has 0 bridgehead atoms. The molecule has 4 nitrogen and oxygen atoms in total. The van der Waals surface area contributed by atoms with Gasteiger partial charge in [-0.1, -0.05) is 26.2 Å². The van der Waals surface area contributed by atoms with Gasteiger partial charge in [0.15, 0.2) is 0 Å². The van der Waals surface area contributed by atoms with Gasteiger partial charge in [0, 0.05) is 11.9 Å². The second-order valence-corrected chi connectivity index (χ2v) is 5.48. The Kier molecular flexibility index (Phi) is 13.2. The molecule has 0 aromatic carbocycles. The third-order valence-electron chi connectivity index (χ3n) is 2.47. The zero-order valence-corrected chi connectivity index (χ0v) is 13.1. The molecule has 0 radical (unpaired) electrons. The van der Waals surface area contributed by atoms with E-state index in [2.05, 4.69) is 0 Å². The van der Waals surface area contributed by atoms with Crippen LogP contribution in [0.4, 0.5) is 0 Å². The molecular weight excluding hydrogens is 239 g/mol. The van der Waals surface area contributed by atoms with Crippen LogP contribution in [-0.4, -0.2) is 29.9 Å². The van der Waals surface area contributed by atoms with E-state index in [1.54, 1.807) is 0 Å². The van der Waals surface area contributed by atoms with E-state index in [-0.39, 0.29) is 36.2 Å². The molecule has 0 saturated carbocycles. The fraction of sp³-hybridized carbons (Fsp3) is 1.00. The van der Waals surface area contributed by atoms with Gasteiger partial charge in [-0.15, -0.1) is 0 Å². The molecule has 0 spiro atoms. The first kappa shape index (κ1) is 19.2. The van der Waals surface area contributed by atoms with Gasteiger partial charge in [-0.05, 0) is 25.7 Å². The normalized spacial score (nSPS) is 13.2. The van der Waals surface area contributed by atoms with Gasteiger partial charge in [-0.25, -0.2) is 8.42 Å². The van der Waals surface area contributed by atoms with Crippen molar-refractivity contribution >= 4 is 10.1 Å². The van der Waals surface area contributed by atoms with Crippen molar-refractivity contribution in [2.45, 2.75) is 57.1 Å². The summed E-state index contributed by atoms with van der Waals surface area (Å²) in [5.41, 5.74) is 0. The van der Waals surface area contributed by atoms with E-state index in [4.69, 9.17) is 5.11 Å². The van der Waals surface area contributed by atoms with Crippen LogP contribution in [0.25, 0.3) is 0 Å². The number of hydrogen-bond acceptors (Lipinski definition) is 4. The number of hydrogen-bond donors (Lipinski definition) is 1. The monoisotopic (exact) mass is 260 g/mol. The Morgan fingerprint density at radius 3 is 2.00 bits per heavy atom. The summed E-state index contributed by atoms with van der Waals surface area (Å²) in [6.45, 7) is 2.09. The summed E-state index contributed by atoms with van der Waals surface area (Å²) in [5, 5.41) is 7.81. The molecule has 0 aliphatic heterocycles. The van der Waals surface area contributed by atoms with Gasteiger partial charge in [0.2, 0.25) is 0 Å². The summed E-state index contributed by atoms with van der Waals surface area (Å²) in [6, 6.07) is 0. The average molecular weight is 260 g/mol. The molecule has 0 amide bonds. The van der Waals surface area contributed by atoms with E-state index < -0.39 is 15.4 Å². The first-order valence-electron chi connectivity index (χ1n) is 5.58. The summed E-state index contributed by atoms with van der Waals surface area (Å²) in [4.78, 5) is 0. The molecule has 0 aromatic heterocycles. The fourth-order valence-corrected chi connectivity index (χ4v) is 2.45. The van der Waals surface area contributed by atoms with Gasteiger partial charge in [0.1, 0.15) is 0 Å². The van der Waals surface area contributed by atoms with E-state index in [0.717, 1.165) is 19.3 Å². The third kappa shape index (κ3) is 10.1. The molecule has 0 fully saturated rings. The zero-order valence-electron chi connectivity index (χ0n) is 10.3. The quantitative estimate of drug-likeness (QED) is 0.316. The maximum Gasteiger partial charge on any atom is 1.00 e. The standard InChI is InChI=1S/C10H22O4S.Na/c1-2-3-4-7-10(15(12,13)14)8-5-6-9-11;/h10-11H,2-9H2,1H3,(H,12,13,14);/q;+1/p-1. The number of unbranched alkanes of at least 4 members (excludes halogenated alkanes) is 3. The topological polar surface area (TPSA) is 77.4 Å². The minimum Gasteiger partial charge on any atom is -0.748 e. The van der Waals surface area contributed by atoms with Crippen molar-refractivity contribution in [2.75, 3.05) is 6.61 Å². The molecule has 1 N–H and O–H groups in total. The molecule has 16 heavy (non-hydrogen) atoms. The van der Waals surface area contributed by atoms with E-state index in [0.29, 0.717) is 25.7 Å². The molecule has 0 rings (SSSR count). The molecular formula is C10H21NaO4S. The van der Waals surface area contributed by atoms with Gasteiger partial charge in [0.05, 0.1) is 10.1 Å². The number of rotatable bonds is 9. The summed E-state index contributed by atoms with van der Waals surface area (Å²) < 4.78 is 32.7. The first-order chi connectivity index (χ1) is 7.02. The summed E-state index contributed by atoms with van der Waals surface area (Å²) >= 11 is 0. The Balaban J connectivity index is 0. The van der Waals surface area contributed by atoms with Crippen molar-refractivity contribution in [3.05, 3.63) is 0 Å². The fourth-order valence-electron chi connectivity index (χ4n) is 1.54. The van der Waals surface area contributed by atoms with Crippen molar-refractivity contribution < 1.29 is 47.6 Å². The Hall–Kier alpha value is 0.870. The SMILES string of the molecule is CCCCCC(CCCCO)S(=O)(=O)[O-].[Na+].